The first-order chi connectivity index (χ1) is 12.4. The molecule has 0 aliphatic carbocycles. The molecule has 1 heterocycles. The standard InChI is InChI=1S/C22H27N3/c1-2-3-4-5-12-17-21-23-22(20-15-10-7-11-16-20)24-25(21)18-19-13-8-6-9-14-19/h6-11,13-16H,2-5,12,17-18H2,1H3. The van der Waals surface area contributed by atoms with Gasteiger partial charge in [0.15, 0.2) is 5.82 Å². The highest BCUT2D eigenvalue weighted by Crippen LogP contribution is 2.17. The lowest BCUT2D eigenvalue weighted by Crippen LogP contribution is -2.07. The second-order valence-electron chi connectivity index (χ2n) is 6.53. The third kappa shape index (κ3) is 5.02. The quantitative estimate of drug-likeness (QED) is 0.484. The third-order valence-corrected chi connectivity index (χ3v) is 4.46. The van der Waals surface area contributed by atoms with Crippen molar-refractivity contribution in [2.75, 3.05) is 0 Å². The first kappa shape index (κ1) is 17.4. The molecule has 0 fully saturated rings. The fraction of sp³-hybridized carbons (Fsp3) is 0.364. The second kappa shape index (κ2) is 9.16. The van der Waals surface area contributed by atoms with Gasteiger partial charge < -0.3 is 0 Å². The number of nitrogens with zero attached hydrogens (tertiary/aromatic N) is 3. The Morgan fingerprint density at radius 2 is 1.48 bits per heavy atom. The fourth-order valence-electron chi connectivity index (χ4n) is 3.04. The van der Waals surface area contributed by atoms with Crippen molar-refractivity contribution >= 4 is 0 Å². The van der Waals surface area contributed by atoms with E-state index < -0.39 is 0 Å². The Morgan fingerprint density at radius 1 is 0.800 bits per heavy atom. The highest BCUT2D eigenvalue weighted by molar-refractivity contribution is 5.54. The molecule has 0 aliphatic heterocycles. The molecule has 25 heavy (non-hydrogen) atoms. The van der Waals surface area contributed by atoms with E-state index in [4.69, 9.17) is 10.1 Å². The van der Waals surface area contributed by atoms with Gasteiger partial charge in [-0.25, -0.2) is 9.67 Å². The molecule has 0 saturated heterocycles. The van der Waals surface area contributed by atoms with E-state index in [1.165, 1.54) is 37.7 Å². The van der Waals surface area contributed by atoms with E-state index in [1.54, 1.807) is 0 Å². The average Bonchev–Trinajstić information content (AvgIpc) is 3.06. The molecular formula is C22H27N3. The van der Waals surface area contributed by atoms with Crippen LogP contribution >= 0.6 is 0 Å². The van der Waals surface area contributed by atoms with Gasteiger partial charge in [0.05, 0.1) is 6.54 Å². The van der Waals surface area contributed by atoms with Crippen molar-refractivity contribution in [2.24, 2.45) is 0 Å². The Labute approximate surface area is 150 Å². The van der Waals surface area contributed by atoms with Crippen molar-refractivity contribution in [2.45, 2.75) is 52.0 Å². The first-order valence-corrected chi connectivity index (χ1v) is 9.40. The van der Waals surface area contributed by atoms with Crippen LogP contribution in [0.1, 0.15) is 50.4 Å². The van der Waals surface area contributed by atoms with Crippen molar-refractivity contribution in [1.29, 1.82) is 0 Å². The molecular weight excluding hydrogens is 306 g/mol. The zero-order valence-corrected chi connectivity index (χ0v) is 15.1. The maximum Gasteiger partial charge on any atom is 0.181 e. The van der Waals surface area contributed by atoms with Gasteiger partial charge in [0, 0.05) is 12.0 Å². The minimum Gasteiger partial charge on any atom is -0.245 e. The summed E-state index contributed by atoms with van der Waals surface area (Å²) >= 11 is 0. The number of aromatic nitrogens is 3. The van der Waals surface area contributed by atoms with Crippen molar-refractivity contribution < 1.29 is 0 Å². The third-order valence-electron chi connectivity index (χ3n) is 4.46. The molecule has 0 bridgehead atoms. The minimum atomic E-state index is 0.783. The average molecular weight is 333 g/mol. The molecule has 3 nitrogen and oxygen atoms in total. The van der Waals surface area contributed by atoms with Crippen molar-refractivity contribution in [3.8, 4) is 11.4 Å². The molecule has 0 amide bonds. The lowest BCUT2D eigenvalue weighted by atomic mass is 10.1. The van der Waals surface area contributed by atoms with Gasteiger partial charge in [0.1, 0.15) is 5.82 Å². The number of hydrogen-bond acceptors (Lipinski definition) is 2. The normalized spacial score (nSPS) is 10.9. The Bertz CT molecular complexity index is 747. The number of aryl methyl sites for hydroxylation is 1. The maximum absolute atomic E-state index is 4.85. The molecule has 0 radical (unpaired) electrons. The lowest BCUT2D eigenvalue weighted by Gasteiger charge is -2.06. The molecule has 1 aromatic heterocycles. The topological polar surface area (TPSA) is 30.7 Å². The largest absolute Gasteiger partial charge is 0.245 e. The summed E-state index contributed by atoms with van der Waals surface area (Å²) in [7, 11) is 0. The van der Waals surface area contributed by atoms with Gasteiger partial charge in [-0.2, -0.15) is 5.10 Å². The maximum atomic E-state index is 4.85. The zero-order valence-electron chi connectivity index (χ0n) is 15.1. The molecule has 3 rings (SSSR count). The molecule has 0 saturated carbocycles. The van der Waals surface area contributed by atoms with E-state index in [1.807, 2.05) is 18.2 Å². The molecule has 0 spiro atoms. The summed E-state index contributed by atoms with van der Waals surface area (Å²) < 4.78 is 2.08. The van der Waals surface area contributed by atoms with E-state index in [9.17, 15) is 0 Å². The Hall–Kier alpha value is -2.42. The van der Waals surface area contributed by atoms with E-state index in [0.29, 0.717) is 0 Å². The van der Waals surface area contributed by atoms with Crippen LogP contribution in [0.25, 0.3) is 11.4 Å². The monoisotopic (exact) mass is 333 g/mol. The summed E-state index contributed by atoms with van der Waals surface area (Å²) in [5.74, 6) is 1.93. The lowest BCUT2D eigenvalue weighted by molar-refractivity contribution is 0.586. The van der Waals surface area contributed by atoms with Crippen LogP contribution in [0.15, 0.2) is 60.7 Å². The summed E-state index contributed by atoms with van der Waals surface area (Å²) in [5.41, 5.74) is 2.35. The van der Waals surface area contributed by atoms with E-state index in [-0.39, 0.29) is 0 Å². The molecule has 0 atom stereocenters. The first-order valence-electron chi connectivity index (χ1n) is 9.40. The number of benzene rings is 2. The van der Waals surface area contributed by atoms with Gasteiger partial charge >= 0.3 is 0 Å². The van der Waals surface area contributed by atoms with Crippen LogP contribution < -0.4 is 0 Å². The summed E-state index contributed by atoms with van der Waals surface area (Å²) in [6.45, 7) is 3.04. The van der Waals surface area contributed by atoms with E-state index in [0.717, 1.165) is 30.2 Å². The van der Waals surface area contributed by atoms with Crippen LogP contribution in [-0.4, -0.2) is 14.8 Å². The van der Waals surface area contributed by atoms with E-state index >= 15 is 0 Å². The van der Waals surface area contributed by atoms with Crippen LogP contribution in [0.3, 0.4) is 0 Å². The SMILES string of the molecule is CCCCCCCc1nc(-c2ccccc2)nn1Cc1ccccc1. The van der Waals surface area contributed by atoms with Crippen molar-refractivity contribution in [3.63, 3.8) is 0 Å². The Kier molecular flexibility index (Phi) is 6.38. The van der Waals surface area contributed by atoms with Crippen molar-refractivity contribution in [3.05, 3.63) is 72.1 Å². The van der Waals surface area contributed by atoms with Crippen LogP contribution in [0, 0.1) is 0 Å². The summed E-state index contributed by atoms with van der Waals surface area (Å²) in [6.07, 6.45) is 7.37. The van der Waals surface area contributed by atoms with Crippen LogP contribution in [0.4, 0.5) is 0 Å². The molecule has 0 N–H and O–H groups in total. The van der Waals surface area contributed by atoms with Gasteiger partial charge in [0.2, 0.25) is 0 Å². The second-order valence-corrected chi connectivity index (χ2v) is 6.53. The van der Waals surface area contributed by atoms with Gasteiger partial charge in [-0.05, 0) is 12.0 Å². The highest BCUT2D eigenvalue weighted by Gasteiger charge is 2.11. The predicted molar refractivity (Wildman–Crippen MR) is 103 cm³/mol. The van der Waals surface area contributed by atoms with Crippen LogP contribution in [0.2, 0.25) is 0 Å². The van der Waals surface area contributed by atoms with Gasteiger partial charge in [-0.3, -0.25) is 0 Å². The van der Waals surface area contributed by atoms with Gasteiger partial charge in [-0.1, -0.05) is 93.3 Å². The molecule has 3 aromatic rings. The zero-order chi connectivity index (χ0) is 17.3. The molecule has 0 unspecified atom stereocenters. The van der Waals surface area contributed by atoms with Crippen molar-refractivity contribution in [1.82, 2.24) is 14.8 Å². The Morgan fingerprint density at radius 3 is 2.20 bits per heavy atom. The Balaban J connectivity index is 1.77. The van der Waals surface area contributed by atoms with Gasteiger partial charge in [0.25, 0.3) is 0 Å². The van der Waals surface area contributed by atoms with Crippen LogP contribution in [-0.2, 0) is 13.0 Å². The molecule has 2 aromatic carbocycles. The van der Waals surface area contributed by atoms with Gasteiger partial charge in [-0.15, -0.1) is 0 Å². The fourth-order valence-corrected chi connectivity index (χ4v) is 3.04. The summed E-state index contributed by atoms with van der Waals surface area (Å²) in [4.78, 5) is 4.85. The van der Waals surface area contributed by atoms with Crippen LogP contribution in [0.5, 0.6) is 0 Å². The smallest absolute Gasteiger partial charge is 0.181 e. The summed E-state index contributed by atoms with van der Waals surface area (Å²) in [6, 6.07) is 20.8. The molecule has 0 aliphatic rings. The number of hydrogen-bond donors (Lipinski definition) is 0. The summed E-state index contributed by atoms with van der Waals surface area (Å²) in [5, 5.41) is 4.80. The minimum absolute atomic E-state index is 0.783. The number of rotatable bonds is 9. The highest BCUT2D eigenvalue weighted by atomic mass is 15.3. The molecule has 3 heteroatoms. The van der Waals surface area contributed by atoms with E-state index in [2.05, 4.69) is 54.1 Å². The number of unbranched alkanes of at least 4 members (excludes halogenated alkanes) is 4. The molecule has 130 valence electrons. The predicted octanol–water partition coefficient (Wildman–Crippen LogP) is 5.51.